The topological polar surface area (TPSA) is 75.7 Å². The fourth-order valence-electron chi connectivity index (χ4n) is 5.51. The molecule has 0 bridgehead atoms. The Bertz CT molecular complexity index is 1390. The van der Waals surface area contributed by atoms with Gasteiger partial charge in [0.2, 0.25) is 5.91 Å². The predicted octanol–water partition coefficient (Wildman–Crippen LogP) is 6.42. The van der Waals surface area contributed by atoms with Crippen LogP contribution in [-0.4, -0.2) is 24.8 Å². The number of anilines is 2. The average molecular weight is 509 g/mol. The van der Waals surface area contributed by atoms with Gasteiger partial charge in [-0.1, -0.05) is 68.4 Å². The van der Waals surface area contributed by atoms with Crippen LogP contribution >= 0.6 is 0 Å². The van der Waals surface area contributed by atoms with Crippen molar-refractivity contribution in [1.82, 2.24) is 0 Å². The van der Waals surface area contributed by atoms with Gasteiger partial charge in [-0.15, -0.1) is 0 Å². The highest BCUT2D eigenvalue weighted by atomic mass is 16.5. The molecule has 0 fully saturated rings. The number of ether oxygens (including phenoxy) is 1. The van der Waals surface area contributed by atoms with E-state index in [0.29, 0.717) is 30.4 Å². The third-order valence-corrected chi connectivity index (χ3v) is 7.26. The summed E-state index contributed by atoms with van der Waals surface area (Å²) in [4.78, 5) is 41.8. The molecule has 0 saturated heterocycles. The van der Waals surface area contributed by atoms with E-state index in [1.165, 1.54) is 7.11 Å². The first-order chi connectivity index (χ1) is 18.4. The van der Waals surface area contributed by atoms with Crippen LogP contribution in [-0.2, 0) is 14.3 Å². The normalized spacial score (nSPS) is 18.8. The minimum atomic E-state index is -0.622. The van der Waals surface area contributed by atoms with E-state index in [9.17, 15) is 14.4 Å². The molecule has 38 heavy (non-hydrogen) atoms. The van der Waals surface area contributed by atoms with Gasteiger partial charge in [-0.2, -0.15) is 0 Å². The minimum Gasteiger partial charge on any atom is -0.465 e. The maximum Gasteiger partial charge on any atom is 0.337 e. The number of ketones is 1. The predicted molar refractivity (Wildman–Crippen MR) is 148 cm³/mol. The molecule has 0 saturated carbocycles. The Morgan fingerprint density at radius 1 is 0.921 bits per heavy atom. The Kier molecular flexibility index (Phi) is 7.14. The number of rotatable bonds is 5. The number of para-hydroxylation sites is 2. The molecule has 1 aliphatic heterocycles. The number of amides is 1. The summed E-state index contributed by atoms with van der Waals surface area (Å²) in [6, 6.07) is 24.2. The molecule has 0 spiro atoms. The number of esters is 1. The number of benzene rings is 3. The largest absolute Gasteiger partial charge is 0.465 e. The van der Waals surface area contributed by atoms with Crippen LogP contribution in [0.1, 0.15) is 66.6 Å². The van der Waals surface area contributed by atoms with Crippen LogP contribution in [0, 0.1) is 5.92 Å². The van der Waals surface area contributed by atoms with Gasteiger partial charge in [0.25, 0.3) is 0 Å². The molecular weight excluding hydrogens is 476 g/mol. The Labute approximate surface area is 223 Å². The van der Waals surface area contributed by atoms with Crippen LogP contribution in [0.2, 0.25) is 0 Å². The number of nitrogens with zero attached hydrogens (tertiary/aromatic N) is 1. The van der Waals surface area contributed by atoms with Crippen LogP contribution in [0.3, 0.4) is 0 Å². The summed E-state index contributed by atoms with van der Waals surface area (Å²) in [6.07, 6.45) is 1.36. The van der Waals surface area contributed by atoms with Crippen molar-refractivity contribution in [2.45, 2.75) is 45.1 Å². The Hall–Kier alpha value is -4.19. The lowest BCUT2D eigenvalue weighted by molar-refractivity contribution is -0.119. The average Bonchev–Trinajstić information content (AvgIpc) is 3.07. The Morgan fingerprint density at radius 2 is 1.61 bits per heavy atom. The molecule has 6 nitrogen and oxygen atoms in total. The molecule has 1 heterocycles. The van der Waals surface area contributed by atoms with Crippen molar-refractivity contribution in [2.75, 3.05) is 17.3 Å². The van der Waals surface area contributed by atoms with Gasteiger partial charge >= 0.3 is 5.97 Å². The van der Waals surface area contributed by atoms with Gasteiger partial charge in [-0.05, 0) is 53.6 Å². The number of hydrogen-bond acceptors (Lipinski definition) is 5. The minimum absolute atomic E-state index is 0.0183. The zero-order chi connectivity index (χ0) is 26.8. The summed E-state index contributed by atoms with van der Waals surface area (Å²) >= 11 is 0. The molecular formula is C32H32N2O4. The zero-order valence-corrected chi connectivity index (χ0v) is 21.9. The van der Waals surface area contributed by atoms with Crippen LogP contribution in [0.15, 0.2) is 90.1 Å². The summed E-state index contributed by atoms with van der Waals surface area (Å²) in [7, 11) is 1.34. The highest BCUT2D eigenvalue weighted by molar-refractivity contribution is 6.06. The summed E-state index contributed by atoms with van der Waals surface area (Å²) in [6.45, 7) is 4.03. The smallest absolute Gasteiger partial charge is 0.337 e. The summed E-state index contributed by atoms with van der Waals surface area (Å²) < 4.78 is 4.87. The van der Waals surface area contributed by atoms with E-state index in [2.05, 4.69) is 17.4 Å². The standard InChI is InChI=1S/C32H32N2O4/c1-20(2)17-29(36)34-27-12-8-7-11-25(27)33-26-18-24(21-9-5-4-6-10-21)19-28(35)30(26)31(34)22-13-15-23(16-14-22)32(37)38-3/h4-16,20,24,31,33H,17-19H2,1-3H3/t24-,31+/m1/s1. The molecule has 1 amide bonds. The van der Waals surface area contributed by atoms with Gasteiger partial charge in [0, 0.05) is 24.1 Å². The number of Topliss-reactive ketones (excluding diaryl/α,β-unsaturated/α-hetero) is 1. The fourth-order valence-corrected chi connectivity index (χ4v) is 5.51. The van der Waals surface area contributed by atoms with Crippen molar-refractivity contribution in [3.63, 3.8) is 0 Å². The first kappa shape index (κ1) is 25.5. The van der Waals surface area contributed by atoms with Gasteiger partial charge < -0.3 is 10.1 Å². The number of allylic oxidation sites excluding steroid dienone is 1. The van der Waals surface area contributed by atoms with Gasteiger partial charge in [0.05, 0.1) is 30.1 Å². The highest BCUT2D eigenvalue weighted by Gasteiger charge is 2.41. The van der Waals surface area contributed by atoms with Crippen LogP contribution in [0.25, 0.3) is 0 Å². The van der Waals surface area contributed by atoms with Crippen LogP contribution in [0.4, 0.5) is 11.4 Å². The quantitative estimate of drug-likeness (QED) is 0.403. The van der Waals surface area contributed by atoms with Crippen molar-refractivity contribution in [2.24, 2.45) is 5.92 Å². The lowest BCUT2D eigenvalue weighted by Gasteiger charge is -2.35. The highest BCUT2D eigenvalue weighted by Crippen LogP contribution is 2.47. The second kappa shape index (κ2) is 10.7. The third-order valence-electron chi connectivity index (χ3n) is 7.26. The van der Waals surface area contributed by atoms with E-state index in [-0.39, 0.29) is 23.5 Å². The maximum atomic E-state index is 14.0. The van der Waals surface area contributed by atoms with E-state index < -0.39 is 12.0 Å². The zero-order valence-electron chi connectivity index (χ0n) is 21.9. The van der Waals surface area contributed by atoms with Crippen molar-refractivity contribution in [1.29, 1.82) is 0 Å². The second-order valence-electron chi connectivity index (χ2n) is 10.4. The molecule has 5 rings (SSSR count). The van der Waals surface area contributed by atoms with Crippen molar-refractivity contribution in [3.05, 3.63) is 107 Å². The molecule has 3 aromatic rings. The SMILES string of the molecule is COC(=O)c1ccc([C@H]2C3=C(C[C@@H](c4ccccc4)CC3=O)Nc3ccccc3N2C(=O)CC(C)C)cc1. The van der Waals surface area contributed by atoms with E-state index in [1.54, 1.807) is 17.0 Å². The van der Waals surface area contributed by atoms with Crippen molar-refractivity contribution in [3.8, 4) is 0 Å². The Balaban J connectivity index is 1.69. The third kappa shape index (κ3) is 4.86. The monoisotopic (exact) mass is 508 g/mol. The van der Waals surface area contributed by atoms with Gasteiger partial charge in [0.15, 0.2) is 5.78 Å². The number of carbonyl (C=O) groups excluding carboxylic acids is 3. The molecule has 1 N–H and O–H groups in total. The van der Waals surface area contributed by atoms with Crippen molar-refractivity contribution >= 4 is 29.0 Å². The molecule has 6 heteroatoms. The van der Waals surface area contributed by atoms with Gasteiger partial charge in [0.1, 0.15) is 0 Å². The second-order valence-corrected chi connectivity index (χ2v) is 10.4. The molecule has 3 aromatic carbocycles. The molecule has 1 aliphatic carbocycles. The number of nitrogens with one attached hydrogen (secondary N) is 1. The van der Waals surface area contributed by atoms with E-state index in [1.807, 2.05) is 68.4 Å². The van der Waals surface area contributed by atoms with E-state index in [4.69, 9.17) is 4.74 Å². The molecule has 0 aromatic heterocycles. The summed E-state index contributed by atoms with van der Waals surface area (Å²) in [5.41, 5.74) is 5.29. The van der Waals surface area contributed by atoms with Gasteiger partial charge in [-0.3, -0.25) is 14.5 Å². The number of carbonyl (C=O) groups is 3. The Morgan fingerprint density at radius 3 is 2.29 bits per heavy atom. The summed E-state index contributed by atoms with van der Waals surface area (Å²) in [5.74, 6) is -0.280. The lowest BCUT2D eigenvalue weighted by atomic mass is 9.78. The molecule has 2 aliphatic rings. The summed E-state index contributed by atoms with van der Waals surface area (Å²) in [5, 5.41) is 3.56. The molecule has 0 radical (unpaired) electrons. The first-order valence-corrected chi connectivity index (χ1v) is 13.0. The number of hydrogen-bond donors (Lipinski definition) is 1. The molecule has 194 valence electrons. The van der Waals surface area contributed by atoms with Crippen molar-refractivity contribution < 1.29 is 19.1 Å². The fraction of sp³-hybridized carbons (Fsp3) is 0.281. The lowest BCUT2D eigenvalue weighted by Crippen LogP contribution is -2.39. The van der Waals surface area contributed by atoms with E-state index in [0.717, 1.165) is 28.2 Å². The molecule has 2 atom stereocenters. The number of fused-ring (bicyclic) bond motifs is 1. The van der Waals surface area contributed by atoms with Gasteiger partial charge in [-0.25, -0.2) is 4.79 Å². The van der Waals surface area contributed by atoms with Crippen LogP contribution < -0.4 is 10.2 Å². The molecule has 0 unspecified atom stereocenters. The van der Waals surface area contributed by atoms with Crippen LogP contribution in [0.5, 0.6) is 0 Å². The maximum absolute atomic E-state index is 14.0. The first-order valence-electron chi connectivity index (χ1n) is 13.0. The van der Waals surface area contributed by atoms with E-state index >= 15 is 0 Å². The number of methoxy groups -OCH3 is 1.